The zero-order valence-corrected chi connectivity index (χ0v) is 12.3. The molecule has 0 fully saturated rings. The average Bonchev–Trinajstić information content (AvgIpc) is 2.46. The van der Waals surface area contributed by atoms with Crippen LogP contribution in [0.3, 0.4) is 0 Å². The molecule has 0 saturated carbocycles. The molecule has 0 atom stereocenters. The van der Waals surface area contributed by atoms with Gasteiger partial charge in [0.25, 0.3) is 0 Å². The minimum atomic E-state index is -0.397. The molecular weight excluding hydrogens is 271 g/mol. The predicted molar refractivity (Wildman–Crippen MR) is 78.5 cm³/mol. The summed E-state index contributed by atoms with van der Waals surface area (Å²) >= 11 is 0. The molecular formula is C17H17FO3. The fraction of sp³-hybridized carbons (Fsp3) is 0.235. The molecule has 0 heterocycles. The number of rotatable bonds is 5. The summed E-state index contributed by atoms with van der Waals surface area (Å²) in [6.45, 7) is 3.44. The van der Waals surface area contributed by atoms with Gasteiger partial charge in [-0.2, -0.15) is 0 Å². The second kappa shape index (κ2) is 6.39. The maximum atomic E-state index is 13.8. The first kappa shape index (κ1) is 15.0. The Morgan fingerprint density at radius 3 is 2.57 bits per heavy atom. The molecule has 0 aliphatic carbocycles. The van der Waals surface area contributed by atoms with Gasteiger partial charge < -0.3 is 9.47 Å². The molecule has 0 unspecified atom stereocenters. The van der Waals surface area contributed by atoms with Gasteiger partial charge in [-0.15, -0.1) is 0 Å². The van der Waals surface area contributed by atoms with Crippen LogP contribution in [0.1, 0.15) is 28.4 Å². The molecule has 0 N–H and O–H groups in total. The van der Waals surface area contributed by atoms with Crippen LogP contribution in [0.25, 0.3) is 0 Å². The third-order valence-corrected chi connectivity index (χ3v) is 3.16. The second-order valence-corrected chi connectivity index (χ2v) is 4.80. The number of Topliss-reactive ketones (excluding diaryl/α,β-unsaturated/α-hetero) is 1. The van der Waals surface area contributed by atoms with E-state index in [1.807, 2.05) is 13.0 Å². The van der Waals surface area contributed by atoms with E-state index < -0.39 is 5.82 Å². The van der Waals surface area contributed by atoms with Gasteiger partial charge in [-0.25, -0.2) is 4.39 Å². The third kappa shape index (κ3) is 3.60. The molecule has 2 aromatic carbocycles. The monoisotopic (exact) mass is 288 g/mol. The number of carbonyl (C=O) groups is 1. The van der Waals surface area contributed by atoms with E-state index in [0.29, 0.717) is 22.6 Å². The number of ether oxygens (including phenoxy) is 2. The van der Waals surface area contributed by atoms with Crippen molar-refractivity contribution >= 4 is 5.78 Å². The molecule has 21 heavy (non-hydrogen) atoms. The average molecular weight is 288 g/mol. The van der Waals surface area contributed by atoms with E-state index in [9.17, 15) is 9.18 Å². The lowest BCUT2D eigenvalue weighted by atomic mass is 10.1. The zero-order chi connectivity index (χ0) is 15.4. The summed E-state index contributed by atoms with van der Waals surface area (Å²) in [7, 11) is 1.48. The molecule has 3 nitrogen and oxygen atoms in total. The first-order valence-electron chi connectivity index (χ1n) is 6.58. The SMILES string of the molecule is COc1ccc(COc2ccc(C)cc2C(C)=O)c(F)c1. The van der Waals surface area contributed by atoms with Crippen LogP contribution in [0.4, 0.5) is 4.39 Å². The van der Waals surface area contributed by atoms with Gasteiger partial charge in [-0.05, 0) is 38.1 Å². The van der Waals surface area contributed by atoms with Crippen molar-refractivity contribution in [2.45, 2.75) is 20.5 Å². The van der Waals surface area contributed by atoms with Gasteiger partial charge in [0, 0.05) is 11.6 Å². The zero-order valence-electron chi connectivity index (χ0n) is 12.3. The number of benzene rings is 2. The molecule has 0 radical (unpaired) electrons. The Morgan fingerprint density at radius 1 is 1.19 bits per heavy atom. The van der Waals surface area contributed by atoms with Crippen LogP contribution >= 0.6 is 0 Å². The van der Waals surface area contributed by atoms with Crippen molar-refractivity contribution in [1.29, 1.82) is 0 Å². The second-order valence-electron chi connectivity index (χ2n) is 4.80. The summed E-state index contributed by atoms with van der Waals surface area (Å²) < 4.78 is 24.4. The maximum absolute atomic E-state index is 13.8. The first-order valence-corrected chi connectivity index (χ1v) is 6.58. The Labute approximate surface area is 123 Å². The molecule has 110 valence electrons. The van der Waals surface area contributed by atoms with Gasteiger partial charge >= 0.3 is 0 Å². The smallest absolute Gasteiger partial charge is 0.163 e. The Hall–Kier alpha value is -2.36. The molecule has 0 saturated heterocycles. The summed E-state index contributed by atoms with van der Waals surface area (Å²) in [5.41, 5.74) is 1.89. The van der Waals surface area contributed by atoms with E-state index >= 15 is 0 Å². The minimum Gasteiger partial charge on any atom is -0.497 e. The number of carbonyl (C=O) groups excluding carboxylic acids is 1. The molecule has 0 aliphatic heterocycles. The van der Waals surface area contributed by atoms with E-state index in [1.165, 1.54) is 20.1 Å². The number of aryl methyl sites for hydroxylation is 1. The van der Waals surface area contributed by atoms with E-state index in [2.05, 4.69) is 0 Å². The summed E-state index contributed by atoms with van der Waals surface area (Å²) in [4.78, 5) is 11.6. The highest BCUT2D eigenvalue weighted by atomic mass is 19.1. The van der Waals surface area contributed by atoms with Crippen LogP contribution in [-0.2, 0) is 6.61 Å². The van der Waals surface area contributed by atoms with Crippen molar-refractivity contribution in [1.82, 2.24) is 0 Å². The van der Waals surface area contributed by atoms with Crippen LogP contribution in [-0.4, -0.2) is 12.9 Å². The van der Waals surface area contributed by atoms with Gasteiger partial charge in [0.15, 0.2) is 5.78 Å². The number of hydrogen-bond acceptors (Lipinski definition) is 3. The van der Waals surface area contributed by atoms with Gasteiger partial charge in [0.05, 0.1) is 12.7 Å². The fourth-order valence-electron chi connectivity index (χ4n) is 1.97. The molecule has 0 aromatic heterocycles. The van der Waals surface area contributed by atoms with E-state index in [-0.39, 0.29) is 12.4 Å². The first-order chi connectivity index (χ1) is 10.0. The number of halogens is 1. The summed E-state index contributed by atoms with van der Waals surface area (Å²) in [5, 5.41) is 0. The molecule has 0 bridgehead atoms. The predicted octanol–water partition coefficient (Wildman–Crippen LogP) is 3.92. The lowest BCUT2D eigenvalue weighted by Crippen LogP contribution is -2.03. The van der Waals surface area contributed by atoms with E-state index in [4.69, 9.17) is 9.47 Å². The van der Waals surface area contributed by atoms with Crippen molar-refractivity contribution in [2.75, 3.05) is 7.11 Å². The lowest BCUT2D eigenvalue weighted by Gasteiger charge is -2.11. The van der Waals surface area contributed by atoms with Gasteiger partial charge in [0.2, 0.25) is 0 Å². The van der Waals surface area contributed by atoms with Crippen LogP contribution in [0.2, 0.25) is 0 Å². The highest BCUT2D eigenvalue weighted by Crippen LogP contribution is 2.23. The Balaban J connectivity index is 2.18. The Morgan fingerprint density at radius 2 is 1.95 bits per heavy atom. The van der Waals surface area contributed by atoms with Crippen molar-refractivity contribution < 1.29 is 18.7 Å². The van der Waals surface area contributed by atoms with Crippen LogP contribution < -0.4 is 9.47 Å². The van der Waals surface area contributed by atoms with Crippen molar-refractivity contribution in [3.63, 3.8) is 0 Å². The van der Waals surface area contributed by atoms with Gasteiger partial charge in [0.1, 0.15) is 23.9 Å². The molecule has 0 aliphatic rings. The lowest BCUT2D eigenvalue weighted by molar-refractivity contribution is 0.101. The fourth-order valence-corrected chi connectivity index (χ4v) is 1.97. The number of ketones is 1. The van der Waals surface area contributed by atoms with Crippen LogP contribution in [0.15, 0.2) is 36.4 Å². The molecule has 0 spiro atoms. The summed E-state index contributed by atoms with van der Waals surface area (Å²) in [5.74, 6) is 0.439. The minimum absolute atomic E-state index is 0.0547. The van der Waals surface area contributed by atoms with Gasteiger partial charge in [-0.3, -0.25) is 4.79 Å². The van der Waals surface area contributed by atoms with Crippen LogP contribution in [0.5, 0.6) is 11.5 Å². The molecule has 0 amide bonds. The van der Waals surface area contributed by atoms with Gasteiger partial charge in [-0.1, -0.05) is 11.6 Å². The quantitative estimate of drug-likeness (QED) is 0.782. The van der Waals surface area contributed by atoms with E-state index in [1.54, 1.807) is 24.3 Å². The largest absolute Gasteiger partial charge is 0.497 e. The maximum Gasteiger partial charge on any atom is 0.163 e. The number of methoxy groups -OCH3 is 1. The summed E-state index contributed by atoms with van der Waals surface area (Å²) in [6, 6.07) is 9.93. The van der Waals surface area contributed by atoms with Crippen LogP contribution in [0, 0.1) is 12.7 Å². The number of hydrogen-bond donors (Lipinski definition) is 0. The van der Waals surface area contributed by atoms with E-state index in [0.717, 1.165) is 5.56 Å². The van der Waals surface area contributed by atoms with Crippen molar-refractivity contribution in [3.8, 4) is 11.5 Å². The van der Waals surface area contributed by atoms with Crippen molar-refractivity contribution in [2.24, 2.45) is 0 Å². The normalized spacial score (nSPS) is 10.3. The molecule has 2 aromatic rings. The molecule has 2 rings (SSSR count). The highest BCUT2D eigenvalue weighted by Gasteiger charge is 2.10. The van der Waals surface area contributed by atoms with Crippen molar-refractivity contribution in [3.05, 3.63) is 58.9 Å². The topological polar surface area (TPSA) is 35.5 Å². The third-order valence-electron chi connectivity index (χ3n) is 3.16. The summed E-state index contributed by atoms with van der Waals surface area (Å²) in [6.07, 6.45) is 0. The Kier molecular flexibility index (Phi) is 4.58. The Bertz CT molecular complexity index is 665. The highest BCUT2D eigenvalue weighted by molar-refractivity contribution is 5.97. The standard InChI is InChI=1S/C17H17FO3/c1-11-4-7-17(15(8-11)12(2)19)21-10-13-5-6-14(20-3)9-16(13)18/h4-9H,10H2,1-3H3. The molecule has 4 heteroatoms.